The van der Waals surface area contributed by atoms with Crippen molar-refractivity contribution in [2.24, 2.45) is 0 Å². The first-order chi connectivity index (χ1) is 15.6. The van der Waals surface area contributed by atoms with E-state index < -0.39 is 0 Å². The Morgan fingerprint density at radius 1 is 1.03 bits per heavy atom. The number of hydrogen-bond acceptors (Lipinski definition) is 3. The second-order valence-corrected chi connectivity index (χ2v) is 9.30. The molecule has 2 aliphatic rings. The van der Waals surface area contributed by atoms with Crippen LogP contribution in [0.5, 0.6) is 0 Å². The number of aromatic nitrogens is 1. The van der Waals surface area contributed by atoms with Crippen LogP contribution in [0.25, 0.3) is 10.9 Å². The van der Waals surface area contributed by atoms with Crippen molar-refractivity contribution in [1.29, 1.82) is 0 Å². The van der Waals surface area contributed by atoms with Crippen LogP contribution in [-0.4, -0.2) is 60.7 Å². The summed E-state index contributed by atoms with van der Waals surface area (Å²) in [6.45, 7) is 9.00. The van der Waals surface area contributed by atoms with Gasteiger partial charge in [-0.25, -0.2) is 4.79 Å². The van der Waals surface area contributed by atoms with Crippen molar-refractivity contribution in [1.82, 2.24) is 15.2 Å². The molecular weight excluding hydrogens is 398 g/mol. The van der Waals surface area contributed by atoms with E-state index in [2.05, 4.69) is 62.6 Å². The average molecular weight is 432 g/mol. The van der Waals surface area contributed by atoms with Gasteiger partial charge < -0.3 is 15.2 Å². The molecule has 1 atom stereocenters. The molecule has 32 heavy (non-hydrogen) atoms. The Morgan fingerprint density at radius 3 is 2.62 bits per heavy atom. The van der Waals surface area contributed by atoms with Gasteiger partial charge in [0.25, 0.3) is 0 Å². The molecule has 1 fully saturated rings. The molecule has 6 nitrogen and oxygen atoms in total. The molecule has 3 heterocycles. The monoisotopic (exact) mass is 431 g/mol. The van der Waals surface area contributed by atoms with Crippen LogP contribution in [0.15, 0.2) is 54.7 Å². The SMILES string of the molecule is CC(C)NC(=O)N1c2ccccc2CCC1CN1CCN(c2cccc3[nH]ccc23)CC1. The molecule has 1 saturated heterocycles. The highest BCUT2D eigenvalue weighted by atomic mass is 16.2. The molecule has 0 bridgehead atoms. The number of rotatable bonds is 4. The Balaban J connectivity index is 1.28. The second-order valence-electron chi connectivity index (χ2n) is 9.30. The van der Waals surface area contributed by atoms with Crippen molar-refractivity contribution in [2.75, 3.05) is 42.5 Å². The van der Waals surface area contributed by atoms with Gasteiger partial charge in [-0.05, 0) is 56.5 Å². The number of carbonyl (C=O) groups excluding carboxylic acids is 1. The molecule has 6 heteroatoms. The zero-order valence-electron chi connectivity index (χ0n) is 19.1. The van der Waals surface area contributed by atoms with Gasteiger partial charge in [0, 0.05) is 67.2 Å². The number of hydrogen-bond donors (Lipinski definition) is 2. The number of H-pyrrole nitrogens is 1. The number of nitrogens with one attached hydrogen (secondary N) is 2. The number of piperazine rings is 1. The van der Waals surface area contributed by atoms with Gasteiger partial charge in [0.2, 0.25) is 0 Å². The number of carbonyl (C=O) groups is 1. The molecule has 1 unspecified atom stereocenters. The van der Waals surface area contributed by atoms with E-state index in [4.69, 9.17) is 0 Å². The van der Waals surface area contributed by atoms with Crippen LogP contribution >= 0.6 is 0 Å². The molecule has 2 amide bonds. The molecule has 2 aliphatic heterocycles. The lowest BCUT2D eigenvalue weighted by Gasteiger charge is -2.42. The number of aromatic amines is 1. The number of para-hydroxylation sites is 1. The number of fused-ring (bicyclic) bond motifs is 2. The maximum atomic E-state index is 13.1. The smallest absolute Gasteiger partial charge is 0.322 e. The lowest BCUT2D eigenvalue weighted by Crippen LogP contribution is -2.56. The fourth-order valence-corrected chi connectivity index (χ4v) is 5.18. The van der Waals surface area contributed by atoms with Crippen LogP contribution in [0.1, 0.15) is 25.8 Å². The fraction of sp³-hybridized carbons (Fsp3) is 0.423. The van der Waals surface area contributed by atoms with Gasteiger partial charge in [0.1, 0.15) is 0 Å². The minimum absolute atomic E-state index is 0.0231. The molecule has 168 valence electrons. The van der Waals surface area contributed by atoms with E-state index >= 15 is 0 Å². The highest BCUT2D eigenvalue weighted by molar-refractivity contribution is 5.94. The Morgan fingerprint density at radius 2 is 1.81 bits per heavy atom. The van der Waals surface area contributed by atoms with Crippen LogP contribution in [-0.2, 0) is 6.42 Å². The number of benzene rings is 2. The molecule has 2 aromatic carbocycles. The molecule has 5 rings (SSSR count). The molecular formula is C26H33N5O. The van der Waals surface area contributed by atoms with Crippen molar-refractivity contribution in [3.8, 4) is 0 Å². The zero-order valence-corrected chi connectivity index (χ0v) is 19.1. The Kier molecular flexibility index (Phi) is 5.79. The summed E-state index contributed by atoms with van der Waals surface area (Å²) < 4.78 is 0. The number of urea groups is 1. The maximum absolute atomic E-state index is 13.1. The summed E-state index contributed by atoms with van der Waals surface area (Å²) in [7, 11) is 0. The van der Waals surface area contributed by atoms with E-state index in [9.17, 15) is 4.79 Å². The third-order valence-corrected chi connectivity index (χ3v) is 6.75. The van der Waals surface area contributed by atoms with Crippen molar-refractivity contribution in [3.05, 3.63) is 60.3 Å². The molecule has 3 aromatic rings. The van der Waals surface area contributed by atoms with Crippen molar-refractivity contribution in [2.45, 2.75) is 38.8 Å². The van der Waals surface area contributed by atoms with Gasteiger partial charge in [-0.2, -0.15) is 0 Å². The van der Waals surface area contributed by atoms with Crippen molar-refractivity contribution in [3.63, 3.8) is 0 Å². The largest absolute Gasteiger partial charge is 0.368 e. The Hall–Kier alpha value is -2.99. The van der Waals surface area contributed by atoms with E-state index in [1.165, 1.54) is 22.2 Å². The van der Waals surface area contributed by atoms with E-state index in [-0.39, 0.29) is 18.1 Å². The fourth-order valence-electron chi connectivity index (χ4n) is 5.18. The summed E-state index contributed by atoms with van der Waals surface area (Å²) >= 11 is 0. The van der Waals surface area contributed by atoms with Gasteiger partial charge in [0.05, 0.1) is 6.04 Å². The lowest BCUT2D eigenvalue weighted by molar-refractivity contribution is 0.219. The van der Waals surface area contributed by atoms with E-state index in [1.54, 1.807) is 0 Å². The summed E-state index contributed by atoms with van der Waals surface area (Å²) in [4.78, 5) is 23.5. The topological polar surface area (TPSA) is 54.6 Å². The second kappa shape index (κ2) is 8.87. The van der Waals surface area contributed by atoms with E-state index in [0.717, 1.165) is 51.3 Å². The van der Waals surface area contributed by atoms with Crippen molar-refractivity contribution < 1.29 is 4.79 Å². The zero-order chi connectivity index (χ0) is 22.1. The minimum Gasteiger partial charge on any atom is -0.368 e. The first-order valence-corrected chi connectivity index (χ1v) is 11.8. The lowest BCUT2D eigenvalue weighted by atomic mass is 9.95. The van der Waals surface area contributed by atoms with Gasteiger partial charge in [-0.3, -0.25) is 9.80 Å². The predicted octanol–water partition coefficient (Wildman–Crippen LogP) is 4.23. The third kappa shape index (κ3) is 4.07. The predicted molar refractivity (Wildman–Crippen MR) is 132 cm³/mol. The maximum Gasteiger partial charge on any atom is 0.322 e. The first kappa shape index (κ1) is 20.9. The quantitative estimate of drug-likeness (QED) is 0.650. The molecule has 0 saturated carbocycles. The van der Waals surface area contributed by atoms with Gasteiger partial charge in [-0.1, -0.05) is 24.3 Å². The average Bonchev–Trinajstić information content (AvgIpc) is 3.28. The summed E-state index contributed by atoms with van der Waals surface area (Å²) in [5, 5.41) is 4.41. The Bertz CT molecular complexity index is 1080. The number of nitrogens with zero attached hydrogens (tertiary/aromatic N) is 3. The van der Waals surface area contributed by atoms with Crippen LogP contribution < -0.4 is 15.1 Å². The highest BCUT2D eigenvalue weighted by Gasteiger charge is 2.33. The van der Waals surface area contributed by atoms with Crippen LogP contribution in [0, 0.1) is 0 Å². The number of amides is 2. The summed E-state index contributed by atoms with van der Waals surface area (Å²) in [6.07, 6.45) is 4.05. The summed E-state index contributed by atoms with van der Waals surface area (Å²) in [5.74, 6) is 0. The first-order valence-electron chi connectivity index (χ1n) is 11.8. The van der Waals surface area contributed by atoms with E-state index in [1.807, 2.05) is 31.0 Å². The summed E-state index contributed by atoms with van der Waals surface area (Å²) in [6, 6.07) is 17.4. The number of anilines is 2. The molecule has 0 aliphatic carbocycles. The van der Waals surface area contributed by atoms with Crippen LogP contribution in [0.4, 0.5) is 16.2 Å². The molecule has 2 N–H and O–H groups in total. The van der Waals surface area contributed by atoms with Gasteiger partial charge in [0.15, 0.2) is 0 Å². The van der Waals surface area contributed by atoms with Crippen LogP contribution in [0.2, 0.25) is 0 Å². The number of aryl methyl sites for hydroxylation is 1. The molecule has 0 spiro atoms. The minimum atomic E-state index is 0.0231. The summed E-state index contributed by atoms with van der Waals surface area (Å²) in [5.41, 5.74) is 4.84. The normalized spacial score (nSPS) is 19.4. The third-order valence-electron chi connectivity index (χ3n) is 6.75. The van der Waals surface area contributed by atoms with E-state index in [0.29, 0.717) is 0 Å². The standard InChI is InChI=1S/C26H33N5O/c1-19(2)28-26(32)31-21(11-10-20-6-3-4-8-24(20)31)18-29-14-16-30(17-15-29)25-9-5-7-23-22(25)12-13-27-23/h3-9,12-13,19,21,27H,10-11,14-18H2,1-2H3,(H,28,32). The van der Waals surface area contributed by atoms with Crippen molar-refractivity contribution >= 4 is 28.3 Å². The highest BCUT2D eigenvalue weighted by Crippen LogP contribution is 2.32. The van der Waals surface area contributed by atoms with Gasteiger partial charge >= 0.3 is 6.03 Å². The Labute approximate surface area is 190 Å². The molecule has 0 radical (unpaired) electrons. The molecule has 1 aromatic heterocycles. The van der Waals surface area contributed by atoms with Gasteiger partial charge in [-0.15, -0.1) is 0 Å². The van der Waals surface area contributed by atoms with Crippen LogP contribution in [0.3, 0.4) is 0 Å².